The summed E-state index contributed by atoms with van der Waals surface area (Å²) in [6, 6.07) is -5.09. The van der Waals surface area contributed by atoms with Crippen molar-refractivity contribution in [3.05, 3.63) is 0 Å². The number of carbonyl (C=O) groups is 9. The van der Waals surface area contributed by atoms with E-state index >= 15 is 0 Å². The fraction of sp³-hybridized carbons (Fsp3) is 0.809. The molecule has 0 aromatic carbocycles. The van der Waals surface area contributed by atoms with Gasteiger partial charge < -0.3 is 47.7 Å². The number of halogens is 1. The fourth-order valence-corrected chi connectivity index (χ4v) is 10.1. The Morgan fingerprint density at radius 1 is 0.606 bits per heavy atom. The zero-order valence-corrected chi connectivity index (χ0v) is 42.0. The van der Waals surface area contributed by atoms with Crippen LogP contribution in [0.5, 0.6) is 0 Å². The summed E-state index contributed by atoms with van der Waals surface area (Å²) in [5.74, 6) is -4.35. The average Bonchev–Trinajstić information content (AvgIpc) is 4.14. The molecule has 0 spiro atoms. The number of amides is 7. The number of nitrogens with zero attached hydrogens (tertiary/aromatic N) is 2. The summed E-state index contributed by atoms with van der Waals surface area (Å²) in [6.45, 7) is 25.5. The van der Waals surface area contributed by atoms with E-state index in [9.17, 15) is 43.2 Å². The van der Waals surface area contributed by atoms with Gasteiger partial charge in [-0.1, -0.05) is 94.9 Å². The number of fused-ring (bicyclic) bond motifs is 2. The highest BCUT2D eigenvalue weighted by Gasteiger charge is 2.71. The maximum absolute atomic E-state index is 13.8. The number of likely N-dealkylation sites (tertiary alicyclic amines) is 2. The fourth-order valence-electron chi connectivity index (χ4n) is 10.1. The molecule has 6 fully saturated rings. The minimum Gasteiger partial charge on any atom is -0.444 e. The van der Waals surface area contributed by atoms with Crippen molar-refractivity contribution in [2.24, 2.45) is 74.4 Å². The molecule has 0 radical (unpaired) electrons. The molecule has 0 aromatic rings. The number of nitrogens with two attached hydrogens (primary N) is 3. The molecule has 6 rings (SSSR count). The van der Waals surface area contributed by atoms with E-state index in [0.717, 1.165) is 25.7 Å². The van der Waals surface area contributed by atoms with Gasteiger partial charge in [0.05, 0.1) is 18.1 Å². The van der Waals surface area contributed by atoms with Crippen LogP contribution in [0.4, 0.5) is 4.79 Å². The van der Waals surface area contributed by atoms with Crippen LogP contribution in [-0.4, -0.2) is 118 Å². The molecular formula is C47H77ClN8O10. The van der Waals surface area contributed by atoms with Crippen molar-refractivity contribution in [1.82, 2.24) is 25.8 Å². The summed E-state index contributed by atoms with van der Waals surface area (Å²) in [5, 5.41) is 8.20. The van der Waals surface area contributed by atoms with Crippen LogP contribution < -0.4 is 33.2 Å². The van der Waals surface area contributed by atoms with Crippen LogP contribution in [0.15, 0.2) is 0 Å². The third-order valence-electron chi connectivity index (χ3n) is 14.8. The quantitative estimate of drug-likeness (QED) is 0.130. The normalized spacial score (nSPS) is 27.4. The third-order valence-corrected chi connectivity index (χ3v) is 14.8. The number of ether oxygens (including phenoxy) is 1. The number of piperidine rings is 2. The van der Waals surface area contributed by atoms with E-state index < -0.39 is 94.0 Å². The van der Waals surface area contributed by atoms with Crippen molar-refractivity contribution in [3.63, 3.8) is 0 Å². The van der Waals surface area contributed by atoms with Crippen molar-refractivity contribution < 1.29 is 47.9 Å². The molecule has 19 heteroatoms. The van der Waals surface area contributed by atoms with Gasteiger partial charge in [-0.3, -0.25) is 38.4 Å². The first-order chi connectivity index (χ1) is 29.6. The van der Waals surface area contributed by atoms with Gasteiger partial charge in [0.15, 0.2) is 0 Å². The van der Waals surface area contributed by atoms with E-state index in [1.165, 1.54) is 4.90 Å². The topological polar surface area (TPSA) is 283 Å². The molecule has 10 atom stereocenters. The molecule has 2 saturated heterocycles. The number of hydrogen-bond donors (Lipinski definition) is 6. The van der Waals surface area contributed by atoms with Crippen LogP contribution in [0.3, 0.4) is 0 Å². The number of Topliss-reactive ketones (excluding diaryl/α,β-unsaturated/α-hetero) is 2. The van der Waals surface area contributed by atoms with Gasteiger partial charge in [-0.05, 0) is 90.8 Å². The minimum atomic E-state index is -1.08. The molecule has 6 aliphatic rings. The van der Waals surface area contributed by atoms with Crippen molar-refractivity contribution in [1.29, 1.82) is 0 Å². The minimum absolute atomic E-state index is 0. The van der Waals surface area contributed by atoms with Gasteiger partial charge in [0, 0.05) is 13.1 Å². The van der Waals surface area contributed by atoms with Crippen molar-refractivity contribution >= 4 is 65.5 Å². The molecule has 7 amide bonds. The molecule has 2 aliphatic heterocycles. The molecule has 18 nitrogen and oxygen atoms in total. The average molecular weight is 950 g/mol. The lowest BCUT2D eigenvalue weighted by Crippen LogP contribution is -2.60. The second-order valence-electron chi connectivity index (χ2n) is 24.0. The van der Waals surface area contributed by atoms with E-state index in [-0.39, 0.29) is 64.6 Å². The first-order valence-corrected chi connectivity index (χ1v) is 23.2. The summed E-state index contributed by atoms with van der Waals surface area (Å²) < 4.78 is 5.38. The third kappa shape index (κ3) is 12.0. The molecule has 9 N–H and O–H groups in total. The van der Waals surface area contributed by atoms with E-state index in [1.54, 1.807) is 25.7 Å². The monoisotopic (exact) mass is 949 g/mol. The predicted molar refractivity (Wildman–Crippen MR) is 247 cm³/mol. The lowest BCUT2D eigenvalue weighted by molar-refractivity contribution is -0.145. The zero-order valence-electron chi connectivity index (χ0n) is 41.2. The Morgan fingerprint density at radius 3 is 1.27 bits per heavy atom. The Hall–Kier alpha value is -4.32. The van der Waals surface area contributed by atoms with Crippen LogP contribution in [-0.2, 0) is 43.1 Å². The van der Waals surface area contributed by atoms with Gasteiger partial charge in [-0.15, -0.1) is 12.4 Å². The molecule has 66 heavy (non-hydrogen) atoms. The Kier molecular flexibility index (Phi) is 15.6. The second-order valence-corrected chi connectivity index (χ2v) is 24.0. The number of hydrogen-bond acceptors (Lipinski definition) is 11. The Morgan fingerprint density at radius 2 is 0.970 bits per heavy atom. The number of rotatable bonds is 15. The first-order valence-electron chi connectivity index (χ1n) is 23.2. The highest BCUT2D eigenvalue weighted by Crippen LogP contribution is 2.66. The molecule has 4 aliphatic carbocycles. The molecule has 2 heterocycles. The Bertz CT molecular complexity index is 1960. The molecule has 372 valence electrons. The second kappa shape index (κ2) is 19.0. The summed E-state index contributed by atoms with van der Waals surface area (Å²) >= 11 is 0. The van der Waals surface area contributed by atoms with Crippen molar-refractivity contribution in [2.75, 3.05) is 13.1 Å². The van der Waals surface area contributed by atoms with Crippen molar-refractivity contribution in [3.8, 4) is 0 Å². The number of primary amides is 2. The molecular weight excluding hydrogens is 872 g/mol. The van der Waals surface area contributed by atoms with E-state index in [1.807, 2.05) is 41.5 Å². The van der Waals surface area contributed by atoms with Gasteiger partial charge in [0.2, 0.25) is 35.2 Å². The lowest BCUT2D eigenvalue weighted by atomic mass is 9.85. The zero-order chi connectivity index (χ0) is 49.3. The van der Waals surface area contributed by atoms with E-state index in [2.05, 4.69) is 43.6 Å². The number of nitrogens with one attached hydrogen (secondary N) is 3. The number of carbonyl (C=O) groups excluding carboxylic acids is 9. The van der Waals surface area contributed by atoms with Crippen LogP contribution in [0.2, 0.25) is 0 Å². The van der Waals surface area contributed by atoms with Crippen LogP contribution in [0.25, 0.3) is 0 Å². The van der Waals surface area contributed by atoms with Gasteiger partial charge in [0.25, 0.3) is 11.8 Å². The van der Waals surface area contributed by atoms with Gasteiger partial charge in [0.1, 0.15) is 23.7 Å². The molecule has 4 unspecified atom stereocenters. The van der Waals surface area contributed by atoms with Gasteiger partial charge in [-0.25, -0.2) is 4.79 Å². The van der Waals surface area contributed by atoms with Crippen LogP contribution in [0.1, 0.15) is 129 Å². The smallest absolute Gasteiger partial charge is 0.408 e. The summed E-state index contributed by atoms with van der Waals surface area (Å²) in [7, 11) is 0. The summed E-state index contributed by atoms with van der Waals surface area (Å²) in [4.78, 5) is 117. The van der Waals surface area contributed by atoms with Crippen LogP contribution >= 0.6 is 12.4 Å². The highest BCUT2D eigenvalue weighted by atomic mass is 35.5. The highest BCUT2D eigenvalue weighted by molar-refractivity contribution is 6.38. The van der Waals surface area contributed by atoms with Gasteiger partial charge in [-0.2, -0.15) is 0 Å². The van der Waals surface area contributed by atoms with E-state index in [4.69, 9.17) is 21.9 Å². The maximum Gasteiger partial charge on any atom is 0.408 e. The largest absolute Gasteiger partial charge is 0.444 e. The Balaban J connectivity index is 0.000000290. The Labute approximate surface area is 395 Å². The molecule has 4 saturated carbocycles. The SMILES string of the molecule is CC(C)(C)OC(=O)N[C@H](C(=O)N1C[C@H]2[C@@H](C1C(=O)NC(CC1CC1)C(=O)C(N)=O)C2(C)C)C(C)(C)C.CC(C)(C)[C@H](N)C(=O)N1C[C@H]2[C@@H](C1C(=O)NC(CC1CC1)C(=O)C(N)=O)C2(C)C.Cl. The summed E-state index contributed by atoms with van der Waals surface area (Å²) in [6.07, 6.45) is 3.89. The predicted octanol–water partition coefficient (Wildman–Crippen LogP) is 2.35. The molecule has 0 bridgehead atoms. The lowest BCUT2D eigenvalue weighted by Gasteiger charge is -2.38. The number of alkyl carbamates (subject to hydrolysis) is 1. The van der Waals surface area contributed by atoms with Crippen LogP contribution in [0, 0.1) is 57.2 Å². The van der Waals surface area contributed by atoms with Crippen molar-refractivity contribution in [2.45, 2.75) is 170 Å². The maximum atomic E-state index is 13.8. The van der Waals surface area contributed by atoms with Gasteiger partial charge >= 0.3 is 6.09 Å². The standard InChI is InChI=1S/C26H42N4O6.C21H34N4O4.ClH/c1-24(2,3)19(29-23(35)36-25(4,5)6)22(34)30-12-14-16(26(14,7)8)17(30)21(33)28-15(11-13-9-10-13)18(31)20(27)32;1-20(2,3)16(22)19(29)25-9-11-13(21(11,4)5)14(25)18(28)24-12(8-10-6-7-10)15(26)17(23)27;/h13-17,19H,9-12H2,1-8H3,(H2,27,32)(H,28,33)(H,29,35);10-14,16H,6-9,22H2,1-5H3,(H2,23,27)(H,24,28);1H/t14-,15?,16-,17?,19+;11-,12?,13-,14?,16+;/m00./s1. The molecule has 0 aromatic heterocycles. The first kappa shape index (κ1) is 54.3. The summed E-state index contributed by atoms with van der Waals surface area (Å²) in [5.41, 5.74) is 14.6. The number of ketones is 2. The van der Waals surface area contributed by atoms with E-state index in [0.29, 0.717) is 31.8 Å².